The summed E-state index contributed by atoms with van der Waals surface area (Å²) in [6, 6.07) is 13.3. The molecule has 0 N–H and O–H groups in total. The van der Waals surface area contributed by atoms with E-state index in [2.05, 4.69) is 34.6 Å². The van der Waals surface area contributed by atoms with Crippen LogP contribution >= 0.6 is 22.6 Å². The van der Waals surface area contributed by atoms with Crippen LogP contribution in [0.3, 0.4) is 0 Å². The molecule has 0 saturated heterocycles. The summed E-state index contributed by atoms with van der Waals surface area (Å²) in [5.74, 6) is 1.30. The molecule has 0 aromatic heterocycles. The second-order valence-corrected chi connectivity index (χ2v) is 7.47. The maximum Gasteiger partial charge on any atom is 0.280 e. The third-order valence-corrected chi connectivity index (χ3v) is 4.96. The first-order chi connectivity index (χ1) is 13.5. The second-order valence-electron chi connectivity index (χ2n) is 6.31. The van der Waals surface area contributed by atoms with Crippen LogP contribution in [0.25, 0.3) is 6.08 Å². The number of para-hydroxylation sites is 1. The highest BCUT2D eigenvalue weighted by atomic mass is 127. The number of hydrazone groups is 1. The van der Waals surface area contributed by atoms with E-state index in [-0.39, 0.29) is 5.91 Å². The Morgan fingerprint density at radius 1 is 1.14 bits per heavy atom. The molecule has 0 atom stereocenters. The van der Waals surface area contributed by atoms with Gasteiger partial charge in [0.05, 0.1) is 33.8 Å². The number of anilines is 1. The number of halogens is 1. The van der Waals surface area contributed by atoms with Crippen molar-refractivity contribution in [3.05, 3.63) is 57.2 Å². The molecule has 1 aliphatic rings. The van der Waals surface area contributed by atoms with Crippen molar-refractivity contribution >= 4 is 46.0 Å². The van der Waals surface area contributed by atoms with Crippen molar-refractivity contribution in [2.45, 2.75) is 27.2 Å². The molecule has 5 nitrogen and oxygen atoms in total. The highest BCUT2D eigenvalue weighted by Gasteiger charge is 2.28. The first-order valence-electron chi connectivity index (χ1n) is 9.31. The van der Waals surface area contributed by atoms with Crippen LogP contribution in [0.2, 0.25) is 0 Å². The molecule has 1 amide bonds. The molecule has 146 valence electrons. The molecule has 0 saturated carbocycles. The average Bonchev–Trinajstić information content (AvgIpc) is 2.96. The molecule has 0 fully saturated rings. The van der Waals surface area contributed by atoms with E-state index in [1.807, 2.05) is 62.4 Å². The third-order valence-electron chi connectivity index (χ3n) is 4.16. The number of benzene rings is 2. The van der Waals surface area contributed by atoms with Gasteiger partial charge in [-0.15, -0.1) is 0 Å². The van der Waals surface area contributed by atoms with Gasteiger partial charge in [0.15, 0.2) is 11.5 Å². The molecule has 2 aromatic carbocycles. The summed E-state index contributed by atoms with van der Waals surface area (Å²) in [5, 5.41) is 5.87. The molecule has 28 heavy (non-hydrogen) atoms. The van der Waals surface area contributed by atoms with E-state index in [0.29, 0.717) is 30.2 Å². The van der Waals surface area contributed by atoms with Gasteiger partial charge >= 0.3 is 0 Å². The normalized spacial score (nSPS) is 15.1. The zero-order valence-electron chi connectivity index (χ0n) is 16.2. The van der Waals surface area contributed by atoms with E-state index in [4.69, 9.17) is 9.47 Å². The minimum atomic E-state index is -0.136. The van der Waals surface area contributed by atoms with Crippen molar-refractivity contribution in [3.8, 4) is 11.5 Å². The van der Waals surface area contributed by atoms with Crippen LogP contribution in [-0.4, -0.2) is 24.8 Å². The maximum absolute atomic E-state index is 12.9. The topological polar surface area (TPSA) is 51.1 Å². The number of carbonyl (C=O) groups excluding carboxylic acids is 1. The summed E-state index contributed by atoms with van der Waals surface area (Å²) in [7, 11) is 0. The summed E-state index contributed by atoms with van der Waals surface area (Å²) >= 11 is 2.24. The van der Waals surface area contributed by atoms with Crippen LogP contribution in [0.15, 0.2) is 53.1 Å². The average molecular weight is 490 g/mol. The lowest BCUT2D eigenvalue weighted by Gasteiger charge is -2.14. The van der Waals surface area contributed by atoms with Gasteiger partial charge in [-0.3, -0.25) is 4.79 Å². The van der Waals surface area contributed by atoms with E-state index >= 15 is 0 Å². The monoisotopic (exact) mass is 490 g/mol. The predicted octanol–water partition coefficient (Wildman–Crippen LogP) is 5.28. The molecule has 1 heterocycles. The molecule has 0 aliphatic carbocycles. The van der Waals surface area contributed by atoms with E-state index in [1.165, 1.54) is 5.01 Å². The van der Waals surface area contributed by atoms with Gasteiger partial charge in [0.1, 0.15) is 0 Å². The number of carbonyl (C=O) groups is 1. The molecule has 6 heteroatoms. The smallest absolute Gasteiger partial charge is 0.280 e. The van der Waals surface area contributed by atoms with Crippen molar-refractivity contribution < 1.29 is 14.3 Å². The second kappa shape index (κ2) is 9.23. The fourth-order valence-electron chi connectivity index (χ4n) is 2.87. The van der Waals surface area contributed by atoms with Gasteiger partial charge in [-0.25, -0.2) is 0 Å². The van der Waals surface area contributed by atoms with Gasteiger partial charge in [-0.1, -0.05) is 25.1 Å². The van der Waals surface area contributed by atoms with Crippen LogP contribution < -0.4 is 14.5 Å². The van der Waals surface area contributed by atoms with Gasteiger partial charge in [0.25, 0.3) is 5.91 Å². The minimum absolute atomic E-state index is 0.136. The molecule has 0 radical (unpaired) electrons. The first kappa shape index (κ1) is 20.4. The summed E-state index contributed by atoms with van der Waals surface area (Å²) in [4.78, 5) is 12.9. The zero-order chi connectivity index (χ0) is 20.1. The van der Waals surface area contributed by atoms with Crippen molar-refractivity contribution in [2.75, 3.05) is 18.2 Å². The Morgan fingerprint density at radius 2 is 1.89 bits per heavy atom. The number of ether oxygens (including phenoxy) is 2. The SMILES string of the molecule is CCCOc1c(I)cc(/C=C2/C(=O)N(c3ccccc3)N=C2C)cc1OCC. The Bertz CT molecular complexity index is 923. The Labute approximate surface area is 179 Å². The first-order valence-corrected chi connectivity index (χ1v) is 10.4. The van der Waals surface area contributed by atoms with Gasteiger partial charge in [-0.2, -0.15) is 10.1 Å². The largest absolute Gasteiger partial charge is 0.490 e. The highest BCUT2D eigenvalue weighted by molar-refractivity contribution is 14.1. The highest BCUT2D eigenvalue weighted by Crippen LogP contribution is 2.35. The number of amides is 1. The number of nitrogens with zero attached hydrogens (tertiary/aromatic N) is 2. The molecule has 0 bridgehead atoms. The fraction of sp³-hybridized carbons (Fsp3) is 0.273. The molecular formula is C22H23IN2O3. The summed E-state index contributed by atoms with van der Waals surface area (Å²) in [5.41, 5.74) is 2.89. The number of rotatable bonds is 7. The van der Waals surface area contributed by atoms with E-state index in [0.717, 1.165) is 27.0 Å². The molecule has 0 spiro atoms. The van der Waals surface area contributed by atoms with E-state index < -0.39 is 0 Å². The van der Waals surface area contributed by atoms with Crippen LogP contribution in [0, 0.1) is 3.57 Å². The summed E-state index contributed by atoms with van der Waals surface area (Å²) < 4.78 is 12.6. The van der Waals surface area contributed by atoms with Crippen molar-refractivity contribution in [1.29, 1.82) is 0 Å². The van der Waals surface area contributed by atoms with Gasteiger partial charge < -0.3 is 9.47 Å². The van der Waals surface area contributed by atoms with Crippen LogP contribution in [0.1, 0.15) is 32.8 Å². The Hall–Kier alpha value is -2.35. The Kier molecular flexibility index (Phi) is 6.72. The molecule has 2 aromatic rings. The van der Waals surface area contributed by atoms with Crippen LogP contribution in [-0.2, 0) is 4.79 Å². The molecule has 1 aliphatic heterocycles. The fourth-order valence-corrected chi connectivity index (χ4v) is 3.65. The van der Waals surface area contributed by atoms with Crippen molar-refractivity contribution in [2.24, 2.45) is 5.10 Å². The Morgan fingerprint density at radius 3 is 2.57 bits per heavy atom. The number of hydrogen-bond donors (Lipinski definition) is 0. The third kappa shape index (κ3) is 4.38. The summed E-state index contributed by atoms with van der Waals surface area (Å²) in [6.45, 7) is 7.03. The van der Waals surface area contributed by atoms with Gasteiger partial charge in [-0.05, 0) is 78.8 Å². The summed E-state index contributed by atoms with van der Waals surface area (Å²) in [6.07, 6.45) is 2.78. The minimum Gasteiger partial charge on any atom is -0.490 e. The van der Waals surface area contributed by atoms with E-state index in [9.17, 15) is 4.79 Å². The lowest BCUT2D eigenvalue weighted by Crippen LogP contribution is -2.21. The quantitative estimate of drug-likeness (QED) is 0.392. The van der Waals surface area contributed by atoms with Crippen LogP contribution in [0.5, 0.6) is 11.5 Å². The number of hydrogen-bond acceptors (Lipinski definition) is 4. The zero-order valence-corrected chi connectivity index (χ0v) is 18.4. The van der Waals surface area contributed by atoms with Crippen molar-refractivity contribution in [3.63, 3.8) is 0 Å². The predicted molar refractivity (Wildman–Crippen MR) is 121 cm³/mol. The maximum atomic E-state index is 12.9. The lowest BCUT2D eigenvalue weighted by molar-refractivity contribution is -0.114. The molecule has 0 unspecified atom stereocenters. The van der Waals surface area contributed by atoms with Gasteiger partial charge in [0.2, 0.25) is 0 Å². The standard InChI is InChI=1S/C22H23IN2O3/c1-4-11-28-21-19(23)13-16(14-20(21)27-5-2)12-18-15(3)24-25(22(18)26)17-9-7-6-8-10-17/h6-10,12-14H,4-5,11H2,1-3H3/b18-12+. The van der Waals surface area contributed by atoms with E-state index in [1.54, 1.807) is 0 Å². The van der Waals surface area contributed by atoms with Gasteiger partial charge in [0, 0.05) is 0 Å². The molecule has 3 rings (SSSR count). The van der Waals surface area contributed by atoms with Crippen LogP contribution in [0.4, 0.5) is 5.69 Å². The Balaban J connectivity index is 1.95. The lowest BCUT2D eigenvalue weighted by atomic mass is 10.1. The molecular weight excluding hydrogens is 467 g/mol. The van der Waals surface area contributed by atoms with Crippen molar-refractivity contribution in [1.82, 2.24) is 0 Å².